The molecule has 12 nitrogen and oxygen atoms in total. The second-order valence-corrected chi connectivity index (χ2v) is 13.5. The zero-order valence-corrected chi connectivity index (χ0v) is 29.6. The van der Waals surface area contributed by atoms with Crippen molar-refractivity contribution in [2.24, 2.45) is 5.92 Å². The van der Waals surface area contributed by atoms with E-state index in [1.807, 2.05) is 31.1 Å². The van der Waals surface area contributed by atoms with Gasteiger partial charge in [-0.1, -0.05) is 75.7 Å². The number of hydrogen-bond acceptors (Lipinski definition) is 8. The summed E-state index contributed by atoms with van der Waals surface area (Å²) in [6.45, 7) is 7.89. The SMILES string of the molecule is CCCCOC1(OC)CN[C@H](c2ncc(-c3ccc(-c4ccc(-c5cnc(C6CCCN6C(=O)[C@@H](NC(=O)OC)C(C)C)[nH]5)cc4)cc3)[nH]2)C1. The van der Waals surface area contributed by atoms with E-state index >= 15 is 0 Å². The number of imidazole rings is 2. The molecule has 4 aromatic rings. The average molecular weight is 684 g/mol. The minimum absolute atomic E-state index is 0.0289. The minimum Gasteiger partial charge on any atom is -0.453 e. The number of hydrogen-bond donors (Lipinski definition) is 4. The maximum Gasteiger partial charge on any atom is 0.407 e. The highest BCUT2D eigenvalue weighted by Crippen LogP contribution is 2.35. The van der Waals surface area contributed by atoms with E-state index in [1.165, 1.54) is 7.11 Å². The molecule has 12 heteroatoms. The second-order valence-electron chi connectivity index (χ2n) is 13.5. The lowest BCUT2D eigenvalue weighted by molar-refractivity contribution is -0.210. The predicted octanol–water partition coefficient (Wildman–Crippen LogP) is 6.37. The Kier molecular flexibility index (Phi) is 11.0. The van der Waals surface area contributed by atoms with Crippen LogP contribution in [0, 0.1) is 5.92 Å². The van der Waals surface area contributed by atoms with Crippen LogP contribution in [0.5, 0.6) is 0 Å². The fraction of sp³-hybridized carbons (Fsp3) is 0.474. The molecule has 6 rings (SSSR count). The number of unbranched alkanes of at least 4 members (excludes halogenated alkanes) is 1. The maximum atomic E-state index is 13.5. The molecule has 2 saturated heterocycles. The van der Waals surface area contributed by atoms with Crippen LogP contribution in [0.3, 0.4) is 0 Å². The fourth-order valence-electron chi connectivity index (χ4n) is 6.84. The molecule has 2 aliphatic heterocycles. The predicted molar refractivity (Wildman–Crippen MR) is 191 cm³/mol. The van der Waals surface area contributed by atoms with Gasteiger partial charge in [0.2, 0.25) is 5.91 Å². The first-order valence-electron chi connectivity index (χ1n) is 17.6. The van der Waals surface area contributed by atoms with Crippen molar-refractivity contribution in [1.82, 2.24) is 35.5 Å². The Morgan fingerprint density at radius 3 is 2.12 bits per heavy atom. The standard InChI is InChI=1S/C38H49N7O5/c1-6-7-19-50-38(49-5)20-29(41-23-38)34-39-21-30(42-34)27-14-10-25(11-15-27)26-12-16-28(17-13-26)31-22-40-35(43-31)32-9-8-18-45(32)36(46)33(24(2)3)44-37(47)48-4/h10-17,21-22,24,29,32-33,41H,6-9,18-20,23H2,1-5H3,(H,39,42)(H,40,43)(H,44,47)/t29-,32?,33-,38?/m0/s1. The Labute approximate surface area is 293 Å². The Morgan fingerprint density at radius 2 is 1.54 bits per heavy atom. The Balaban J connectivity index is 1.09. The van der Waals surface area contributed by atoms with Gasteiger partial charge in [-0.25, -0.2) is 14.8 Å². The van der Waals surface area contributed by atoms with Gasteiger partial charge in [0.05, 0.1) is 56.1 Å². The van der Waals surface area contributed by atoms with E-state index in [1.54, 1.807) is 7.11 Å². The third kappa shape index (κ3) is 7.62. The summed E-state index contributed by atoms with van der Waals surface area (Å²) in [6.07, 6.45) is 7.55. The highest BCUT2D eigenvalue weighted by molar-refractivity contribution is 5.86. The van der Waals surface area contributed by atoms with E-state index in [0.717, 1.165) is 71.0 Å². The van der Waals surface area contributed by atoms with Crippen LogP contribution < -0.4 is 10.6 Å². The zero-order valence-electron chi connectivity index (χ0n) is 29.6. The van der Waals surface area contributed by atoms with Crippen molar-refractivity contribution in [1.29, 1.82) is 0 Å². The van der Waals surface area contributed by atoms with E-state index in [-0.39, 0.29) is 23.9 Å². The molecule has 2 unspecified atom stereocenters. The summed E-state index contributed by atoms with van der Waals surface area (Å²) in [6, 6.07) is 16.0. The molecule has 50 heavy (non-hydrogen) atoms. The molecule has 2 aromatic heterocycles. The summed E-state index contributed by atoms with van der Waals surface area (Å²) in [7, 11) is 3.01. The molecule has 2 fully saturated rings. The number of ether oxygens (including phenoxy) is 3. The monoisotopic (exact) mass is 683 g/mol. The van der Waals surface area contributed by atoms with Gasteiger partial charge in [0.25, 0.3) is 0 Å². The van der Waals surface area contributed by atoms with Crippen molar-refractivity contribution < 1.29 is 23.8 Å². The highest BCUT2D eigenvalue weighted by Gasteiger charge is 2.42. The van der Waals surface area contributed by atoms with Gasteiger partial charge in [0.1, 0.15) is 17.7 Å². The first-order chi connectivity index (χ1) is 24.2. The van der Waals surface area contributed by atoms with Crippen molar-refractivity contribution in [2.45, 2.75) is 76.8 Å². The van der Waals surface area contributed by atoms with Crippen LogP contribution in [0.1, 0.15) is 76.6 Å². The van der Waals surface area contributed by atoms with Gasteiger partial charge < -0.3 is 39.7 Å². The van der Waals surface area contributed by atoms with Crippen LogP contribution in [0.2, 0.25) is 0 Å². The van der Waals surface area contributed by atoms with Crippen LogP contribution in [-0.2, 0) is 19.0 Å². The number of alkyl carbamates (subject to hydrolysis) is 1. The van der Waals surface area contributed by atoms with Crippen molar-refractivity contribution in [2.75, 3.05) is 33.9 Å². The highest BCUT2D eigenvalue weighted by atomic mass is 16.7. The van der Waals surface area contributed by atoms with Crippen molar-refractivity contribution in [3.63, 3.8) is 0 Å². The summed E-state index contributed by atoms with van der Waals surface area (Å²) in [5.41, 5.74) is 6.12. The van der Waals surface area contributed by atoms with Gasteiger partial charge in [0.15, 0.2) is 5.79 Å². The smallest absolute Gasteiger partial charge is 0.407 e. The fourth-order valence-corrected chi connectivity index (χ4v) is 6.84. The maximum absolute atomic E-state index is 13.5. The summed E-state index contributed by atoms with van der Waals surface area (Å²) in [5.74, 6) is 0.791. The molecule has 4 N–H and O–H groups in total. The summed E-state index contributed by atoms with van der Waals surface area (Å²) in [4.78, 5) is 43.5. The average Bonchev–Trinajstić information content (AvgIpc) is 3.97. The van der Waals surface area contributed by atoms with E-state index < -0.39 is 17.9 Å². The van der Waals surface area contributed by atoms with Crippen molar-refractivity contribution in [3.05, 3.63) is 72.6 Å². The molecule has 0 aliphatic carbocycles. The molecule has 0 bridgehead atoms. The number of likely N-dealkylation sites (tertiary alicyclic amines) is 1. The third-order valence-corrected chi connectivity index (χ3v) is 9.86. The number of methoxy groups -OCH3 is 2. The van der Waals surface area contributed by atoms with Crippen LogP contribution in [0.15, 0.2) is 60.9 Å². The van der Waals surface area contributed by atoms with Crippen LogP contribution in [0.25, 0.3) is 33.6 Å². The van der Waals surface area contributed by atoms with Crippen LogP contribution >= 0.6 is 0 Å². The molecule has 2 aliphatic rings. The number of aromatic amines is 2. The third-order valence-electron chi connectivity index (χ3n) is 9.86. The number of carbonyl (C=O) groups excluding carboxylic acids is 2. The number of aromatic nitrogens is 4. The Hall–Kier alpha value is -4.52. The van der Waals surface area contributed by atoms with Gasteiger partial charge in [-0.15, -0.1) is 0 Å². The number of H-pyrrole nitrogens is 2. The lowest BCUT2D eigenvalue weighted by Crippen LogP contribution is -2.51. The second kappa shape index (κ2) is 15.6. The topological polar surface area (TPSA) is 146 Å². The molecular formula is C38H49N7O5. The van der Waals surface area contributed by atoms with Crippen molar-refractivity contribution in [3.8, 4) is 33.6 Å². The van der Waals surface area contributed by atoms with E-state index in [4.69, 9.17) is 14.2 Å². The van der Waals surface area contributed by atoms with Gasteiger partial charge >= 0.3 is 6.09 Å². The number of benzene rings is 2. The normalized spacial score (nSPS) is 21.1. The zero-order chi connectivity index (χ0) is 35.3. The largest absolute Gasteiger partial charge is 0.453 e. The molecule has 2 aromatic carbocycles. The van der Waals surface area contributed by atoms with Gasteiger partial charge in [-0.3, -0.25) is 4.79 Å². The Bertz CT molecular complexity index is 1730. The number of carbonyl (C=O) groups is 2. The first kappa shape index (κ1) is 35.3. The summed E-state index contributed by atoms with van der Waals surface area (Å²) >= 11 is 0. The number of rotatable bonds is 13. The molecule has 4 heterocycles. The lowest BCUT2D eigenvalue weighted by atomic mass is 10.0. The number of amides is 2. The summed E-state index contributed by atoms with van der Waals surface area (Å²) < 4.78 is 16.6. The molecule has 0 saturated carbocycles. The van der Waals surface area contributed by atoms with Crippen LogP contribution in [0.4, 0.5) is 4.79 Å². The first-order valence-corrected chi connectivity index (χ1v) is 17.6. The number of nitrogens with zero attached hydrogens (tertiary/aromatic N) is 3. The lowest BCUT2D eigenvalue weighted by Gasteiger charge is -2.30. The molecular weight excluding hydrogens is 634 g/mol. The van der Waals surface area contributed by atoms with Crippen LogP contribution in [-0.4, -0.2) is 82.6 Å². The Morgan fingerprint density at radius 1 is 0.940 bits per heavy atom. The quantitative estimate of drug-likeness (QED) is 0.0940. The van der Waals surface area contributed by atoms with Gasteiger partial charge in [0, 0.05) is 20.1 Å². The summed E-state index contributed by atoms with van der Waals surface area (Å²) in [5, 5.41) is 6.21. The molecule has 0 radical (unpaired) electrons. The van der Waals surface area contributed by atoms with E-state index in [2.05, 4.69) is 86.0 Å². The molecule has 4 atom stereocenters. The van der Waals surface area contributed by atoms with Gasteiger partial charge in [-0.05, 0) is 47.4 Å². The van der Waals surface area contributed by atoms with E-state index in [9.17, 15) is 9.59 Å². The molecule has 0 spiro atoms. The van der Waals surface area contributed by atoms with E-state index in [0.29, 0.717) is 26.1 Å². The van der Waals surface area contributed by atoms with Gasteiger partial charge in [-0.2, -0.15) is 0 Å². The molecule has 2 amide bonds. The minimum atomic E-state index is -0.669. The number of nitrogens with one attached hydrogen (secondary N) is 4. The molecule has 266 valence electrons. The van der Waals surface area contributed by atoms with Crippen molar-refractivity contribution >= 4 is 12.0 Å².